The molecule has 2 atom stereocenters. The number of alkyl carbamates (subject to hydrolysis) is 1. The van der Waals surface area contributed by atoms with Crippen LogP contribution in [0.4, 0.5) is 4.79 Å². The summed E-state index contributed by atoms with van der Waals surface area (Å²) in [5, 5.41) is 11.3. The molecule has 0 aromatic rings. The van der Waals surface area contributed by atoms with Crippen LogP contribution in [0.3, 0.4) is 0 Å². The van der Waals surface area contributed by atoms with E-state index in [1.54, 1.807) is 25.7 Å². The summed E-state index contributed by atoms with van der Waals surface area (Å²) in [5.41, 5.74) is 4.91. The summed E-state index contributed by atoms with van der Waals surface area (Å²) in [4.78, 5) is 31.3. The zero-order valence-corrected chi connectivity index (χ0v) is 15.8. The quantitative estimate of drug-likeness (QED) is 0.382. The van der Waals surface area contributed by atoms with Crippen LogP contribution in [0, 0.1) is 11.3 Å². The van der Waals surface area contributed by atoms with Crippen LogP contribution in [0.5, 0.6) is 0 Å². The van der Waals surface area contributed by atoms with Crippen molar-refractivity contribution in [3.63, 3.8) is 0 Å². The number of carbonyl (C=O) groups excluding carboxylic acids is 2. The van der Waals surface area contributed by atoms with E-state index >= 15 is 0 Å². The number of ether oxygens (including phenoxy) is 1. The van der Waals surface area contributed by atoms with Gasteiger partial charge < -0.3 is 20.7 Å². The summed E-state index contributed by atoms with van der Waals surface area (Å²) in [7, 11) is 2.88. The average Bonchev–Trinajstić information content (AvgIpc) is 2.51. The van der Waals surface area contributed by atoms with Gasteiger partial charge in [0, 0.05) is 20.1 Å². The summed E-state index contributed by atoms with van der Waals surface area (Å²) in [6.07, 6.45) is 1.57. The second-order valence-corrected chi connectivity index (χ2v) is 7.29. The summed E-state index contributed by atoms with van der Waals surface area (Å²) < 4.78 is 5.25. The zero-order valence-electron chi connectivity index (χ0n) is 15.8. The molecule has 1 heterocycles. The Morgan fingerprint density at radius 3 is 2.60 bits per heavy atom. The predicted molar refractivity (Wildman–Crippen MR) is 93.8 cm³/mol. The highest BCUT2D eigenvalue weighted by atomic mass is 16.7. The lowest BCUT2D eigenvalue weighted by molar-refractivity contribution is -0.171. The summed E-state index contributed by atoms with van der Waals surface area (Å²) in [6, 6.07) is -0.767. The van der Waals surface area contributed by atoms with Gasteiger partial charge in [0.1, 0.15) is 11.6 Å². The lowest BCUT2D eigenvalue weighted by Gasteiger charge is -2.35. The van der Waals surface area contributed by atoms with Crippen molar-refractivity contribution in [2.24, 2.45) is 11.7 Å². The second-order valence-electron chi connectivity index (χ2n) is 7.29. The van der Waals surface area contributed by atoms with E-state index < -0.39 is 17.7 Å². The fraction of sp³-hybridized carbons (Fsp3) is 0.812. The van der Waals surface area contributed by atoms with Crippen LogP contribution in [-0.4, -0.2) is 66.8 Å². The molecule has 4 N–H and O–H groups in total. The standard InChI is InChI=1S/C16H31N5O4/c1-16(2,3)25-15(23)19-12(13(22)20(4)24-5)9-11-7-6-8-21(10-11)14(17)18/h11-12H,6-10H2,1-5H3,(H3,17,18)(H,19,23)/t11-,12+/m1/s1. The molecule has 9 heteroatoms. The molecule has 0 spiro atoms. The number of nitrogens with zero attached hydrogens (tertiary/aromatic N) is 2. The molecule has 25 heavy (non-hydrogen) atoms. The first kappa shape index (κ1) is 21.0. The number of nitrogens with one attached hydrogen (secondary N) is 2. The molecule has 1 fully saturated rings. The van der Waals surface area contributed by atoms with Gasteiger partial charge in [-0.25, -0.2) is 9.86 Å². The number of hydrogen-bond donors (Lipinski definition) is 3. The largest absolute Gasteiger partial charge is 0.444 e. The molecule has 0 saturated carbocycles. The normalized spacial score (nSPS) is 19.1. The smallest absolute Gasteiger partial charge is 0.408 e. The molecule has 1 saturated heterocycles. The minimum atomic E-state index is -0.767. The van der Waals surface area contributed by atoms with Gasteiger partial charge in [-0.05, 0) is 46.0 Å². The van der Waals surface area contributed by atoms with E-state index in [0.29, 0.717) is 13.0 Å². The van der Waals surface area contributed by atoms with E-state index in [-0.39, 0.29) is 17.8 Å². The van der Waals surface area contributed by atoms with Crippen LogP contribution in [0.25, 0.3) is 0 Å². The van der Waals surface area contributed by atoms with E-state index in [2.05, 4.69) is 5.32 Å². The molecule has 0 radical (unpaired) electrons. The van der Waals surface area contributed by atoms with E-state index in [1.165, 1.54) is 14.2 Å². The zero-order chi connectivity index (χ0) is 19.2. The number of hydroxylamine groups is 2. The highest BCUT2D eigenvalue weighted by Crippen LogP contribution is 2.22. The molecule has 0 unspecified atom stereocenters. The maximum atomic E-state index is 12.5. The number of piperidine rings is 1. The summed E-state index contributed by atoms with van der Waals surface area (Å²) in [5.74, 6) is -0.193. The third-order valence-corrected chi connectivity index (χ3v) is 4.00. The van der Waals surface area contributed by atoms with E-state index in [4.69, 9.17) is 20.7 Å². The number of likely N-dealkylation sites (N-methyl/N-ethyl adjacent to an activating group) is 1. The lowest BCUT2D eigenvalue weighted by atomic mass is 9.91. The van der Waals surface area contributed by atoms with Gasteiger partial charge in [-0.15, -0.1) is 0 Å². The Morgan fingerprint density at radius 1 is 1.44 bits per heavy atom. The first-order valence-electron chi connectivity index (χ1n) is 8.43. The summed E-state index contributed by atoms with van der Waals surface area (Å²) >= 11 is 0. The minimum Gasteiger partial charge on any atom is -0.444 e. The third kappa shape index (κ3) is 7.16. The maximum Gasteiger partial charge on any atom is 0.408 e. The highest BCUT2D eigenvalue weighted by Gasteiger charge is 2.31. The highest BCUT2D eigenvalue weighted by molar-refractivity contribution is 5.85. The number of hydrogen-bond acceptors (Lipinski definition) is 5. The van der Waals surface area contributed by atoms with Crippen LogP contribution >= 0.6 is 0 Å². The van der Waals surface area contributed by atoms with E-state index in [0.717, 1.165) is 24.4 Å². The lowest BCUT2D eigenvalue weighted by Crippen LogP contribution is -2.51. The number of amides is 2. The van der Waals surface area contributed by atoms with Crippen molar-refractivity contribution in [1.82, 2.24) is 15.3 Å². The Balaban J connectivity index is 2.78. The van der Waals surface area contributed by atoms with Crippen molar-refractivity contribution in [3.05, 3.63) is 0 Å². The maximum absolute atomic E-state index is 12.5. The van der Waals surface area contributed by atoms with Gasteiger partial charge in [-0.2, -0.15) is 0 Å². The Morgan fingerprint density at radius 2 is 2.08 bits per heavy atom. The summed E-state index contributed by atoms with van der Waals surface area (Å²) in [6.45, 7) is 6.61. The molecule has 9 nitrogen and oxygen atoms in total. The Hall–Kier alpha value is -2.03. The fourth-order valence-electron chi connectivity index (χ4n) is 2.79. The second kappa shape index (κ2) is 8.89. The molecule has 2 amide bonds. The molecule has 1 rings (SSSR count). The van der Waals surface area contributed by atoms with E-state index in [1.807, 2.05) is 0 Å². The van der Waals surface area contributed by atoms with Crippen LogP contribution in [0.2, 0.25) is 0 Å². The van der Waals surface area contributed by atoms with Crippen molar-refractivity contribution >= 4 is 18.0 Å². The van der Waals surface area contributed by atoms with Crippen LogP contribution in [-0.2, 0) is 14.4 Å². The molecule has 0 aromatic heterocycles. The van der Waals surface area contributed by atoms with Crippen molar-refractivity contribution in [1.29, 1.82) is 5.41 Å². The molecule has 1 aliphatic rings. The monoisotopic (exact) mass is 357 g/mol. The SMILES string of the molecule is CON(C)C(=O)[C@H](C[C@H]1CCCN(C(=N)N)C1)NC(=O)OC(C)(C)C. The van der Waals surface area contributed by atoms with Gasteiger partial charge in [0.15, 0.2) is 5.96 Å². The Bertz CT molecular complexity index is 491. The topological polar surface area (TPSA) is 121 Å². The van der Waals surface area contributed by atoms with Crippen LogP contribution < -0.4 is 11.1 Å². The van der Waals surface area contributed by atoms with Gasteiger partial charge in [-0.3, -0.25) is 15.0 Å². The first-order valence-corrected chi connectivity index (χ1v) is 8.43. The van der Waals surface area contributed by atoms with Gasteiger partial charge >= 0.3 is 6.09 Å². The minimum absolute atomic E-state index is 0.0293. The molecule has 0 bridgehead atoms. The Labute approximate surface area is 149 Å². The molecule has 0 aliphatic carbocycles. The predicted octanol–water partition coefficient (Wildman–Crippen LogP) is 0.895. The average molecular weight is 357 g/mol. The number of likely N-dealkylation sites (tertiary alicyclic amines) is 1. The number of carbonyl (C=O) groups is 2. The molecule has 0 aromatic carbocycles. The van der Waals surface area contributed by atoms with Gasteiger partial charge in [0.05, 0.1) is 7.11 Å². The van der Waals surface area contributed by atoms with E-state index in [9.17, 15) is 9.59 Å². The van der Waals surface area contributed by atoms with Gasteiger partial charge in [0.2, 0.25) is 0 Å². The fourth-order valence-corrected chi connectivity index (χ4v) is 2.79. The van der Waals surface area contributed by atoms with Crippen molar-refractivity contribution in [3.8, 4) is 0 Å². The molecular formula is C16H31N5O4. The third-order valence-electron chi connectivity index (χ3n) is 4.00. The van der Waals surface area contributed by atoms with Crippen molar-refractivity contribution < 1.29 is 19.2 Å². The van der Waals surface area contributed by atoms with Gasteiger partial charge in [0.25, 0.3) is 5.91 Å². The van der Waals surface area contributed by atoms with Crippen LogP contribution in [0.15, 0.2) is 0 Å². The first-order chi connectivity index (χ1) is 11.5. The van der Waals surface area contributed by atoms with Crippen molar-refractivity contribution in [2.45, 2.75) is 51.7 Å². The van der Waals surface area contributed by atoms with Crippen molar-refractivity contribution in [2.75, 3.05) is 27.2 Å². The number of nitrogens with two attached hydrogens (primary N) is 1. The molecule has 1 aliphatic heterocycles. The van der Waals surface area contributed by atoms with Crippen LogP contribution in [0.1, 0.15) is 40.0 Å². The molecular weight excluding hydrogens is 326 g/mol. The van der Waals surface area contributed by atoms with Gasteiger partial charge in [-0.1, -0.05) is 0 Å². The molecule has 144 valence electrons. The number of guanidine groups is 1. The Kier molecular flexibility index (Phi) is 7.47. The number of rotatable bonds is 5.